The van der Waals surface area contributed by atoms with Crippen molar-refractivity contribution in [3.05, 3.63) is 30.1 Å². The van der Waals surface area contributed by atoms with Crippen molar-refractivity contribution in [2.45, 2.75) is 58.8 Å². The molecule has 0 fully saturated rings. The average molecular weight is 331 g/mol. The van der Waals surface area contributed by atoms with Crippen LogP contribution in [0.2, 0.25) is 0 Å². The van der Waals surface area contributed by atoms with Crippen LogP contribution >= 0.6 is 0 Å². The first-order valence-corrected chi connectivity index (χ1v) is 9.26. The predicted octanol–water partition coefficient (Wildman–Crippen LogP) is 2.90. The summed E-state index contributed by atoms with van der Waals surface area (Å²) in [6.45, 7) is 3.60. The minimum atomic E-state index is -4.42. The molecule has 0 spiro atoms. The highest BCUT2D eigenvalue weighted by molar-refractivity contribution is 7.80. The maximum Gasteiger partial charge on any atom is 0.217 e. The normalized spacial score (nSPS) is 10.9. The summed E-state index contributed by atoms with van der Waals surface area (Å²) in [5.74, 6) is 0. The van der Waals surface area contributed by atoms with Crippen molar-refractivity contribution in [1.29, 1.82) is 0 Å². The quantitative estimate of drug-likeness (QED) is 0.302. The Hall–Kier alpha value is -0.980. The molecule has 1 aromatic rings. The Morgan fingerprint density at radius 1 is 1.14 bits per heavy atom. The molecule has 128 valence electrons. The Morgan fingerprint density at radius 3 is 2.27 bits per heavy atom. The van der Waals surface area contributed by atoms with Gasteiger partial charge in [-0.3, -0.25) is 4.18 Å². The number of unbranched alkanes of at least 4 members (excludes halogenated alkanes) is 5. The summed E-state index contributed by atoms with van der Waals surface area (Å²) in [5.41, 5.74) is 1.47. The van der Waals surface area contributed by atoms with E-state index >= 15 is 0 Å². The third kappa shape index (κ3) is 14.0. The molecule has 0 unspecified atom stereocenters. The molecule has 0 saturated heterocycles. The van der Waals surface area contributed by atoms with Gasteiger partial charge in [0.05, 0.1) is 6.61 Å². The summed E-state index contributed by atoms with van der Waals surface area (Å²) in [4.78, 5) is 0. The molecule has 0 bridgehead atoms. The second kappa shape index (κ2) is 12.6. The average Bonchev–Trinajstić information content (AvgIpc) is 2.42. The summed E-state index contributed by atoms with van der Waals surface area (Å²) in [5, 5.41) is 0. The van der Waals surface area contributed by atoms with Gasteiger partial charge in [0, 0.05) is 11.6 Å². The number of nitrogens with zero attached hydrogens (tertiary/aromatic N) is 1. The molecule has 6 heteroatoms. The molecule has 1 rings (SSSR count). The molecule has 0 aromatic carbocycles. The van der Waals surface area contributed by atoms with E-state index in [1.807, 2.05) is 0 Å². The van der Waals surface area contributed by atoms with Gasteiger partial charge in [-0.05, 0) is 25.8 Å². The van der Waals surface area contributed by atoms with Crippen LogP contribution in [0, 0.1) is 0 Å². The third-order valence-corrected chi connectivity index (χ3v) is 3.61. The minimum Gasteiger partial charge on any atom is -0.726 e. The lowest BCUT2D eigenvalue weighted by Crippen LogP contribution is -2.26. The Kier molecular flexibility index (Phi) is 12.0. The van der Waals surface area contributed by atoms with Crippen molar-refractivity contribution in [3.8, 4) is 0 Å². The molecule has 1 aromatic heterocycles. The van der Waals surface area contributed by atoms with Crippen LogP contribution in [-0.2, 0) is 28.1 Å². The molecule has 0 aliphatic carbocycles. The highest BCUT2D eigenvalue weighted by Crippen LogP contribution is 2.08. The second-order valence-corrected chi connectivity index (χ2v) is 6.26. The lowest BCUT2D eigenvalue weighted by atomic mass is 10.1. The summed E-state index contributed by atoms with van der Waals surface area (Å²) in [7, 11) is -2.34. The van der Waals surface area contributed by atoms with E-state index in [9.17, 15) is 13.0 Å². The Bertz CT molecular complexity index is 489. The van der Waals surface area contributed by atoms with Crippen molar-refractivity contribution in [3.63, 3.8) is 0 Å². The van der Waals surface area contributed by atoms with Crippen LogP contribution < -0.4 is 4.57 Å². The van der Waals surface area contributed by atoms with Crippen LogP contribution in [0.1, 0.15) is 57.9 Å². The van der Waals surface area contributed by atoms with Crippen LogP contribution in [0.4, 0.5) is 0 Å². The van der Waals surface area contributed by atoms with Crippen LogP contribution in [0.3, 0.4) is 0 Å². The molecule has 0 aliphatic heterocycles. The minimum absolute atomic E-state index is 0.0914. The molecule has 1 heterocycles. The number of aryl methyl sites for hydroxylation is 2. The number of aromatic nitrogens is 1. The molecule has 5 nitrogen and oxygen atoms in total. The Balaban J connectivity index is 0.000000534. The van der Waals surface area contributed by atoms with Gasteiger partial charge >= 0.3 is 0 Å². The molecule has 0 radical (unpaired) electrons. The van der Waals surface area contributed by atoms with Gasteiger partial charge < -0.3 is 4.55 Å². The van der Waals surface area contributed by atoms with E-state index in [2.05, 4.69) is 47.2 Å². The Morgan fingerprint density at radius 2 is 1.77 bits per heavy atom. The maximum absolute atomic E-state index is 9.45. The van der Waals surface area contributed by atoms with E-state index in [4.69, 9.17) is 0 Å². The highest BCUT2D eigenvalue weighted by Gasteiger charge is 1.97. The number of hydrogen-bond donors (Lipinski definition) is 0. The van der Waals surface area contributed by atoms with Crippen molar-refractivity contribution in [2.75, 3.05) is 6.61 Å². The van der Waals surface area contributed by atoms with Crippen LogP contribution in [-0.4, -0.2) is 19.6 Å². The molecule has 0 aliphatic rings. The van der Waals surface area contributed by atoms with E-state index in [0.717, 1.165) is 0 Å². The first-order valence-electron chi connectivity index (χ1n) is 7.93. The fraction of sp³-hybridized carbons (Fsp3) is 0.688. The van der Waals surface area contributed by atoms with E-state index in [1.165, 1.54) is 57.4 Å². The van der Waals surface area contributed by atoms with Gasteiger partial charge in [-0.1, -0.05) is 39.0 Å². The van der Waals surface area contributed by atoms with Crippen LogP contribution in [0.5, 0.6) is 0 Å². The predicted molar refractivity (Wildman–Crippen MR) is 86.0 cm³/mol. The maximum atomic E-state index is 9.45. The van der Waals surface area contributed by atoms with Gasteiger partial charge in [-0.15, -0.1) is 0 Å². The van der Waals surface area contributed by atoms with E-state index in [1.54, 1.807) is 0 Å². The number of pyridine rings is 1. The zero-order chi connectivity index (χ0) is 16.8. The van der Waals surface area contributed by atoms with Gasteiger partial charge in [0.1, 0.15) is 7.05 Å². The third-order valence-electron chi connectivity index (χ3n) is 3.08. The Labute approximate surface area is 135 Å². The summed E-state index contributed by atoms with van der Waals surface area (Å²) in [6.07, 6.45) is 13.9. The van der Waals surface area contributed by atoms with Gasteiger partial charge in [0.2, 0.25) is 10.4 Å². The monoisotopic (exact) mass is 331 g/mol. The number of rotatable bonds is 9. The molecule has 0 amide bonds. The lowest BCUT2D eigenvalue weighted by Gasteiger charge is -2.02. The first-order chi connectivity index (χ1) is 10.4. The number of hydrogen-bond acceptors (Lipinski definition) is 4. The summed E-state index contributed by atoms with van der Waals surface area (Å²) in [6, 6.07) is 4.36. The van der Waals surface area contributed by atoms with Crippen molar-refractivity contribution in [2.24, 2.45) is 7.05 Å². The van der Waals surface area contributed by atoms with Crippen molar-refractivity contribution >= 4 is 10.4 Å². The standard InChI is InChI=1S/C14H24N.C2H6O4S/c1-3-4-5-6-7-8-10-14-11-9-12-15(2)13-14;1-2-6-7(3,4)5/h9,11-13H,3-8,10H2,1-2H3;2H2,1H3,(H,3,4,5)/q+1;/p-1. The SMILES string of the molecule is CCCCCCCCc1ccc[n+](C)c1.CCOS(=O)(=O)[O-]. The van der Waals surface area contributed by atoms with Gasteiger partial charge in [-0.25, -0.2) is 13.0 Å². The van der Waals surface area contributed by atoms with E-state index in [0.29, 0.717) is 0 Å². The van der Waals surface area contributed by atoms with Crippen LogP contribution in [0.25, 0.3) is 0 Å². The van der Waals surface area contributed by atoms with Gasteiger partial charge in [-0.2, -0.15) is 0 Å². The second-order valence-electron chi connectivity index (χ2n) is 5.21. The molecular formula is C16H29NO4S. The zero-order valence-corrected chi connectivity index (χ0v) is 14.8. The van der Waals surface area contributed by atoms with Crippen molar-refractivity contribution in [1.82, 2.24) is 0 Å². The highest BCUT2D eigenvalue weighted by atomic mass is 32.3. The smallest absolute Gasteiger partial charge is 0.217 e. The molecular weight excluding hydrogens is 302 g/mol. The van der Waals surface area contributed by atoms with Crippen LogP contribution in [0.15, 0.2) is 24.5 Å². The molecule has 0 N–H and O–H groups in total. The molecule has 0 saturated carbocycles. The largest absolute Gasteiger partial charge is 0.726 e. The van der Waals surface area contributed by atoms with Gasteiger partial charge in [0.25, 0.3) is 0 Å². The summed E-state index contributed by atoms with van der Waals surface area (Å²) >= 11 is 0. The fourth-order valence-corrected chi connectivity index (χ4v) is 2.34. The van der Waals surface area contributed by atoms with E-state index in [-0.39, 0.29) is 6.61 Å². The fourth-order valence-electron chi connectivity index (χ4n) is 2.05. The van der Waals surface area contributed by atoms with E-state index < -0.39 is 10.4 Å². The lowest BCUT2D eigenvalue weighted by molar-refractivity contribution is -0.671. The summed E-state index contributed by atoms with van der Waals surface area (Å²) < 4.78 is 34.1. The topological polar surface area (TPSA) is 70.3 Å². The van der Waals surface area contributed by atoms with Gasteiger partial charge in [0.15, 0.2) is 12.4 Å². The van der Waals surface area contributed by atoms with Crippen molar-refractivity contribution < 1.29 is 21.7 Å². The zero-order valence-electron chi connectivity index (χ0n) is 14.0. The first kappa shape index (κ1) is 21.0. The molecule has 0 atom stereocenters. The molecule has 22 heavy (non-hydrogen) atoms.